The Morgan fingerprint density at radius 3 is 2.48 bits per heavy atom. The summed E-state index contributed by atoms with van der Waals surface area (Å²) in [7, 11) is -1.66. The topological polar surface area (TPSA) is 93.1 Å². The maximum Gasteiger partial charge on any atom is 0.251 e. The van der Waals surface area contributed by atoms with Gasteiger partial charge in [0.25, 0.3) is 5.91 Å². The minimum Gasteiger partial charge on any atom is -0.351 e. The molecule has 0 aliphatic heterocycles. The predicted molar refractivity (Wildman–Crippen MR) is 104 cm³/mol. The third-order valence-electron chi connectivity index (χ3n) is 4.40. The number of amides is 1. The van der Waals surface area contributed by atoms with Crippen molar-refractivity contribution >= 4 is 27.0 Å². The molecule has 0 saturated carbocycles. The molecule has 0 atom stereocenters. The number of imidazole rings is 1. The fraction of sp³-hybridized carbons (Fsp3) is 0.263. The minimum absolute atomic E-state index is 0.104. The molecule has 0 aliphatic rings. The predicted octanol–water partition coefficient (Wildman–Crippen LogP) is 1.90. The molecule has 0 saturated heterocycles. The van der Waals surface area contributed by atoms with Crippen molar-refractivity contribution < 1.29 is 13.2 Å². The molecule has 1 aromatic heterocycles. The minimum atomic E-state index is -3.58. The Kier molecular flexibility index (Phi) is 5.29. The first-order valence-corrected chi connectivity index (χ1v) is 10.0. The highest BCUT2D eigenvalue weighted by molar-refractivity contribution is 7.89. The van der Waals surface area contributed by atoms with Gasteiger partial charge in [0.1, 0.15) is 5.82 Å². The van der Waals surface area contributed by atoms with E-state index in [1.807, 2.05) is 31.5 Å². The molecule has 0 fully saturated rings. The fourth-order valence-electron chi connectivity index (χ4n) is 2.73. The number of carbonyl (C=O) groups is 1. The molecule has 7 nitrogen and oxygen atoms in total. The van der Waals surface area contributed by atoms with Crippen LogP contribution in [-0.2, 0) is 17.1 Å². The second-order valence-corrected chi connectivity index (χ2v) is 8.16. The molecule has 3 rings (SSSR count). The van der Waals surface area contributed by atoms with Crippen molar-refractivity contribution in [2.24, 2.45) is 7.05 Å². The molecule has 2 aromatic carbocycles. The molecule has 0 bridgehead atoms. The molecule has 0 aliphatic carbocycles. The molecular formula is C19H22N4O3S. The Balaban J connectivity index is 1.57. The number of fused-ring (bicyclic) bond motifs is 1. The summed E-state index contributed by atoms with van der Waals surface area (Å²) < 4.78 is 28.8. The van der Waals surface area contributed by atoms with Gasteiger partial charge in [-0.1, -0.05) is 17.7 Å². The maximum atomic E-state index is 12.3. The molecule has 3 aromatic rings. The third-order valence-corrected chi connectivity index (χ3v) is 5.88. The summed E-state index contributed by atoms with van der Waals surface area (Å²) in [4.78, 5) is 16.9. The first kappa shape index (κ1) is 19.1. The molecule has 1 heterocycles. The van der Waals surface area contributed by atoms with E-state index in [1.165, 1.54) is 0 Å². The molecule has 27 heavy (non-hydrogen) atoms. The highest BCUT2D eigenvalue weighted by atomic mass is 32.2. The quantitative estimate of drug-likeness (QED) is 0.633. The average molecular weight is 386 g/mol. The SMILES string of the molecule is Cc1ccc(S(=O)(=O)NCCNC(=O)c2ccc3c(c2)nc(C)n3C)cc1. The largest absolute Gasteiger partial charge is 0.351 e. The van der Waals surface area contributed by atoms with Gasteiger partial charge in [0.15, 0.2) is 0 Å². The van der Waals surface area contributed by atoms with Crippen molar-refractivity contribution in [3.63, 3.8) is 0 Å². The zero-order valence-corrected chi connectivity index (χ0v) is 16.3. The number of rotatable bonds is 6. The van der Waals surface area contributed by atoms with E-state index < -0.39 is 10.0 Å². The van der Waals surface area contributed by atoms with Crippen LogP contribution in [0.1, 0.15) is 21.7 Å². The van der Waals surface area contributed by atoms with Crippen molar-refractivity contribution in [1.82, 2.24) is 19.6 Å². The van der Waals surface area contributed by atoms with Crippen molar-refractivity contribution in [2.75, 3.05) is 13.1 Å². The number of carbonyl (C=O) groups excluding carboxylic acids is 1. The van der Waals surface area contributed by atoms with E-state index in [-0.39, 0.29) is 23.9 Å². The summed E-state index contributed by atoms with van der Waals surface area (Å²) in [6.45, 7) is 4.08. The van der Waals surface area contributed by atoms with Crippen LogP contribution in [0.4, 0.5) is 0 Å². The highest BCUT2D eigenvalue weighted by Crippen LogP contribution is 2.16. The first-order valence-electron chi connectivity index (χ1n) is 8.55. The Labute approximate surface area is 158 Å². The Morgan fingerprint density at radius 1 is 1.07 bits per heavy atom. The van der Waals surface area contributed by atoms with Gasteiger partial charge in [0, 0.05) is 25.7 Å². The van der Waals surface area contributed by atoms with Crippen LogP contribution >= 0.6 is 0 Å². The number of hydrogen-bond donors (Lipinski definition) is 2. The zero-order chi connectivity index (χ0) is 19.6. The summed E-state index contributed by atoms with van der Waals surface area (Å²) in [6, 6.07) is 11.9. The van der Waals surface area contributed by atoms with Gasteiger partial charge < -0.3 is 9.88 Å². The number of benzene rings is 2. The van der Waals surface area contributed by atoms with E-state index in [1.54, 1.807) is 36.4 Å². The number of nitrogens with zero attached hydrogens (tertiary/aromatic N) is 2. The molecule has 0 unspecified atom stereocenters. The lowest BCUT2D eigenvalue weighted by atomic mass is 10.2. The molecule has 142 valence electrons. The second kappa shape index (κ2) is 7.50. The molecule has 0 spiro atoms. The van der Waals surface area contributed by atoms with Crippen molar-refractivity contribution in [2.45, 2.75) is 18.7 Å². The Morgan fingerprint density at radius 2 is 1.78 bits per heavy atom. The molecule has 1 amide bonds. The normalized spacial score (nSPS) is 11.7. The first-order chi connectivity index (χ1) is 12.8. The monoisotopic (exact) mass is 386 g/mol. The average Bonchev–Trinajstić information content (AvgIpc) is 2.92. The number of aromatic nitrogens is 2. The van der Waals surface area contributed by atoms with Crippen LogP contribution in [0, 0.1) is 13.8 Å². The van der Waals surface area contributed by atoms with Gasteiger partial charge in [-0.3, -0.25) is 4.79 Å². The van der Waals surface area contributed by atoms with Crippen LogP contribution in [-0.4, -0.2) is 37.0 Å². The highest BCUT2D eigenvalue weighted by Gasteiger charge is 2.14. The van der Waals surface area contributed by atoms with Crippen LogP contribution in [0.2, 0.25) is 0 Å². The second-order valence-electron chi connectivity index (χ2n) is 6.39. The van der Waals surface area contributed by atoms with Crippen LogP contribution in [0.3, 0.4) is 0 Å². The summed E-state index contributed by atoms with van der Waals surface area (Å²) in [5, 5.41) is 2.72. The van der Waals surface area contributed by atoms with E-state index in [2.05, 4.69) is 15.0 Å². The number of nitrogens with one attached hydrogen (secondary N) is 2. The molecule has 8 heteroatoms. The van der Waals surface area contributed by atoms with E-state index in [9.17, 15) is 13.2 Å². The lowest BCUT2D eigenvalue weighted by molar-refractivity contribution is 0.0954. The van der Waals surface area contributed by atoms with Crippen molar-refractivity contribution in [3.8, 4) is 0 Å². The van der Waals surface area contributed by atoms with Gasteiger partial charge in [-0.05, 0) is 44.2 Å². The number of sulfonamides is 1. The molecule has 0 radical (unpaired) electrons. The summed E-state index contributed by atoms with van der Waals surface area (Å²) in [6.07, 6.45) is 0. The lowest BCUT2D eigenvalue weighted by Gasteiger charge is -2.08. The van der Waals surface area contributed by atoms with Gasteiger partial charge in [-0.15, -0.1) is 0 Å². The maximum absolute atomic E-state index is 12.3. The van der Waals surface area contributed by atoms with Gasteiger partial charge in [-0.2, -0.15) is 0 Å². The number of hydrogen-bond acceptors (Lipinski definition) is 4. The van der Waals surface area contributed by atoms with Crippen LogP contribution < -0.4 is 10.0 Å². The van der Waals surface area contributed by atoms with Gasteiger partial charge in [-0.25, -0.2) is 18.1 Å². The van der Waals surface area contributed by atoms with Crippen LogP contribution in [0.5, 0.6) is 0 Å². The van der Waals surface area contributed by atoms with Crippen molar-refractivity contribution in [1.29, 1.82) is 0 Å². The van der Waals surface area contributed by atoms with Gasteiger partial charge in [0.05, 0.1) is 15.9 Å². The van der Waals surface area contributed by atoms with Crippen LogP contribution in [0.25, 0.3) is 11.0 Å². The van der Waals surface area contributed by atoms with E-state index >= 15 is 0 Å². The zero-order valence-electron chi connectivity index (χ0n) is 15.5. The van der Waals surface area contributed by atoms with E-state index in [0.717, 1.165) is 22.4 Å². The lowest BCUT2D eigenvalue weighted by Crippen LogP contribution is -2.34. The van der Waals surface area contributed by atoms with Crippen molar-refractivity contribution in [3.05, 3.63) is 59.4 Å². The fourth-order valence-corrected chi connectivity index (χ4v) is 3.76. The van der Waals surface area contributed by atoms with E-state index in [0.29, 0.717) is 5.56 Å². The molecular weight excluding hydrogens is 364 g/mol. The van der Waals surface area contributed by atoms with E-state index in [4.69, 9.17) is 0 Å². The number of aryl methyl sites for hydroxylation is 3. The summed E-state index contributed by atoms with van der Waals surface area (Å²) in [5.41, 5.74) is 3.18. The molecule has 2 N–H and O–H groups in total. The van der Waals surface area contributed by atoms with Crippen LogP contribution in [0.15, 0.2) is 47.4 Å². The van der Waals surface area contributed by atoms with Gasteiger partial charge >= 0.3 is 0 Å². The standard InChI is InChI=1S/C19H22N4O3S/c1-13-4-7-16(8-5-13)27(25,26)21-11-10-20-19(24)15-6-9-18-17(12-15)22-14(2)23(18)3/h4-9,12,21H,10-11H2,1-3H3,(H,20,24). The Hall–Kier alpha value is -2.71. The van der Waals surface area contributed by atoms with Gasteiger partial charge in [0.2, 0.25) is 10.0 Å². The summed E-state index contributed by atoms with van der Waals surface area (Å²) in [5.74, 6) is 0.600. The third kappa shape index (κ3) is 4.17. The smallest absolute Gasteiger partial charge is 0.251 e. The Bertz CT molecular complexity index is 1090. The summed E-state index contributed by atoms with van der Waals surface area (Å²) >= 11 is 0.